The lowest BCUT2D eigenvalue weighted by Crippen LogP contribution is -2.28. The third kappa shape index (κ3) is 3.95. The molecule has 0 bridgehead atoms. The van der Waals surface area contributed by atoms with Crippen LogP contribution in [0.4, 0.5) is 4.39 Å². The van der Waals surface area contributed by atoms with Gasteiger partial charge >= 0.3 is 0 Å². The van der Waals surface area contributed by atoms with Crippen LogP contribution in [-0.4, -0.2) is 28.3 Å². The van der Waals surface area contributed by atoms with Crippen LogP contribution in [0, 0.1) is 5.82 Å². The van der Waals surface area contributed by atoms with Gasteiger partial charge in [0.1, 0.15) is 11.5 Å². The molecule has 0 atom stereocenters. The molecule has 2 aromatic rings. The molecule has 2 aromatic heterocycles. The summed E-state index contributed by atoms with van der Waals surface area (Å²) < 4.78 is 12.8. The van der Waals surface area contributed by atoms with E-state index in [4.69, 9.17) is 0 Å². The van der Waals surface area contributed by atoms with Crippen LogP contribution in [0.2, 0.25) is 0 Å². The molecule has 0 radical (unpaired) electrons. The summed E-state index contributed by atoms with van der Waals surface area (Å²) in [7, 11) is 0. The Kier molecular flexibility index (Phi) is 4.41. The first-order chi connectivity index (χ1) is 10.2. The Hall–Kier alpha value is -1.59. The molecule has 0 amide bonds. The van der Waals surface area contributed by atoms with E-state index in [9.17, 15) is 9.18 Å². The van der Waals surface area contributed by atoms with Crippen molar-refractivity contribution < 1.29 is 9.18 Å². The highest BCUT2D eigenvalue weighted by atomic mass is 32.1. The fourth-order valence-corrected chi connectivity index (χ4v) is 3.02. The van der Waals surface area contributed by atoms with Gasteiger partial charge in [-0.2, -0.15) is 11.3 Å². The maximum Gasteiger partial charge on any atom is 0.182 e. The second-order valence-corrected chi connectivity index (χ2v) is 6.15. The summed E-state index contributed by atoms with van der Waals surface area (Å²) >= 11 is 1.70. The smallest absolute Gasteiger partial charge is 0.182 e. The monoisotopic (exact) mass is 304 g/mol. The number of thiophene rings is 1. The second kappa shape index (κ2) is 6.45. The van der Waals surface area contributed by atoms with E-state index in [1.165, 1.54) is 30.5 Å². The average molecular weight is 304 g/mol. The molecule has 1 aliphatic carbocycles. The van der Waals surface area contributed by atoms with Gasteiger partial charge in [-0.1, -0.05) is 0 Å². The van der Waals surface area contributed by atoms with E-state index < -0.39 is 5.82 Å². The van der Waals surface area contributed by atoms with E-state index in [1.807, 2.05) is 0 Å². The van der Waals surface area contributed by atoms with Gasteiger partial charge in [-0.05, 0) is 47.4 Å². The van der Waals surface area contributed by atoms with Gasteiger partial charge in [0, 0.05) is 25.6 Å². The van der Waals surface area contributed by atoms with Gasteiger partial charge in [0.15, 0.2) is 5.78 Å². The van der Waals surface area contributed by atoms with Crippen molar-refractivity contribution in [2.45, 2.75) is 31.8 Å². The van der Waals surface area contributed by atoms with E-state index in [0.29, 0.717) is 18.2 Å². The first-order valence-electron chi connectivity index (χ1n) is 7.12. The van der Waals surface area contributed by atoms with Gasteiger partial charge in [-0.3, -0.25) is 14.7 Å². The SMILES string of the molecule is O=C(CCN(Cc1ccsc1)C1CC1)c1ccc(F)cn1. The molecule has 0 aromatic carbocycles. The Bertz CT molecular complexity index is 593. The number of hydrogen-bond donors (Lipinski definition) is 0. The molecule has 0 N–H and O–H groups in total. The molecule has 0 unspecified atom stereocenters. The van der Waals surface area contributed by atoms with Crippen LogP contribution in [0.15, 0.2) is 35.2 Å². The number of pyridine rings is 1. The second-order valence-electron chi connectivity index (χ2n) is 5.37. The molecule has 21 heavy (non-hydrogen) atoms. The van der Waals surface area contributed by atoms with Crippen molar-refractivity contribution in [3.63, 3.8) is 0 Å². The lowest BCUT2D eigenvalue weighted by atomic mass is 10.2. The number of aromatic nitrogens is 1. The number of nitrogens with zero attached hydrogens (tertiary/aromatic N) is 2. The van der Waals surface area contributed by atoms with E-state index >= 15 is 0 Å². The van der Waals surface area contributed by atoms with Crippen molar-refractivity contribution >= 4 is 17.1 Å². The molecule has 0 saturated heterocycles. The fourth-order valence-electron chi connectivity index (χ4n) is 2.36. The summed E-state index contributed by atoms with van der Waals surface area (Å²) in [6.07, 6.45) is 3.96. The maximum absolute atomic E-state index is 12.8. The highest BCUT2D eigenvalue weighted by Crippen LogP contribution is 2.28. The minimum absolute atomic E-state index is 0.0223. The largest absolute Gasteiger partial charge is 0.296 e. The Balaban J connectivity index is 1.56. The number of carbonyl (C=O) groups is 1. The number of ketones is 1. The topological polar surface area (TPSA) is 33.2 Å². The lowest BCUT2D eigenvalue weighted by Gasteiger charge is -2.20. The average Bonchev–Trinajstić information content (AvgIpc) is 3.21. The number of carbonyl (C=O) groups excluding carboxylic acids is 1. The number of rotatable bonds is 7. The Labute approximate surface area is 127 Å². The van der Waals surface area contributed by atoms with E-state index in [0.717, 1.165) is 19.3 Å². The zero-order valence-corrected chi connectivity index (χ0v) is 12.5. The Morgan fingerprint density at radius 1 is 1.38 bits per heavy atom. The van der Waals surface area contributed by atoms with Crippen LogP contribution >= 0.6 is 11.3 Å². The molecule has 3 rings (SSSR count). The van der Waals surface area contributed by atoms with Crippen molar-refractivity contribution in [3.05, 3.63) is 52.2 Å². The van der Waals surface area contributed by atoms with Gasteiger partial charge in [-0.15, -0.1) is 0 Å². The first-order valence-corrected chi connectivity index (χ1v) is 8.06. The summed E-state index contributed by atoms with van der Waals surface area (Å²) in [6.45, 7) is 1.64. The van der Waals surface area contributed by atoms with Crippen molar-refractivity contribution in [2.75, 3.05) is 6.54 Å². The molecule has 3 nitrogen and oxygen atoms in total. The summed E-state index contributed by atoms with van der Waals surface area (Å²) in [4.78, 5) is 18.3. The van der Waals surface area contributed by atoms with Gasteiger partial charge < -0.3 is 0 Å². The first kappa shape index (κ1) is 14.4. The van der Waals surface area contributed by atoms with Crippen LogP contribution in [-0.2, 0) is 6.54 Å². The molecule has 1 saturated carbocycles. The molecule has 0 aliphatic heterocycles. The minimum Gasteiger partial charge on any atom is -0.296 e. The van der Waals surface area contributed by atoms with Crippen LogP contribution in [0.5, 0.6) is 0 Å². The summed E-state index contributed by atoms with van der Waals surface area (Å²) in [5, 5.41) is 4.23. The van der Waals surface area contributed by atoms with Gasteiger partial charge in [0.05, 0.1) is 6.20 Å². The maximum atomic E-state index is 12.8. The van der Waals surface area contributed by atoms with Crippen molar-refractivity contribution in [3.8, 4) is 0 Å². The standard InChI is InChI=1S/C16H17FN2OS/c17-13-1-4-15(18-9-13)16(20)5-7-19(14-2-3-14)10-12-6-8-21-11-12/h1,4,6,8-9,11,14H,2-3,5,7,10H2. The zero-order valence-electron chi connectivity index (χ0n) is 11.7. The van der Waals surface area contributed by atoms with Crippen LogP contribution in [0.1, 0.15) is 35.3 Å². The summed E-state index contributed by atoms with van der Waals surface area (Å²) in [6, 6.07) is 5.48. The van der Waals surface area contributed by atoms with E-state index in [2.05, 4.69) is 26.7 Å². The highest BCUT2D eigenvalue weighted by Gasteiger charge is 2.29. The Morgan fingerprint density at radius 2 is 2.24 bits per heavy atom. The number of halogens is 1. The molecule has 2 heterocycles. The van der Waals surface area contributed by atoms with Crippen LogP contribution < -0.4 is 0 Å². The molecule has 110 valence electrons. The van der Waals surface area contributed by atoms with Crippen molar-refractivity contribution in [2.24, 2.45) is 0 Å². The van der Waals surface area contributed by atoms with E-state index in [-0.39, 0.29) is 5.78 Å². The molecular formula is C16H17FN2OS. The van der Waals surface area contributed by atoms with Crippen molar-refractivity contribution in [1.82, 2.24) is 9.88 Å². The zero-order chi connectivity index (χ0) is 14.7. The van der Waals surface area contributed by atoms with Gasteiger partial charge in [0.2, 0.25) is 0 Å². The predicted molar refractivity (Wildman–Crippen MR) is 80.9 cm³/mol. The molecule has 5 heteroatoms. The van der Waals surface area contributed by atoms with Crippen LogP contribution in [0.3, 0.4) is 0 Å². The van der Waals surface area contributed by atoms with Gasteiger partial charge in [-0.25, -0.2) is 4.39 Å². The molecule has 1 fully saturated rings. The third-order valence-electron chi connectivity index (χ3n) is 3.67. The third-order valence-corrected chi connectivity index (χ3v) is 4.40. The fraction of sp³-hybridized carbons (Fsp3) is 0.375. The minimum atomic E-state index is -0.413. The van der Waals surface area contributed by atoms with Crippen LogP contribution in [0.25, 0.3) is 0 Å². The van der Waals surface area contributed by atoms with E-state index in [1.54, 1.807) is 11.3 Å². The normalized spacial score (nSPS) is 14.6. The summed E-state index contributed by atoms with van der Waals surface area (Å²) in [5.41, 5.74) is 1.65. The molecule has 0 spiro atoms. The Morgan fingerprint density at radius 3 is 2.86 bits per heavy atom. The lowest BCUT2D eigenvalue weighted by molar-refractivity contribution is 0.0955. The number of hydrogen-bond acceptors (Lipinski definition) is 4. The number of Topliss-reactive ketones (excluding diaryl/α,β-unsaturated/α-hetero) is 1. The quantitative estimate of drug-likeness (QED) is 0.734. The van der Waals surface area contributed by atoms with Crippen molar-refractivity contribution in [1.29, 1.82) is 0 Å². The summed E-state index contributed by atoms with van der Waals surface area (Å²) in [5.74, 6) is -0.436. The molecular weight excluding hydrogens is 287 g/mol. The van der Waals surface area contributed by atoms with Gasteiger partial charge in [0.25, 0.3) is 0 Å². The predicted octanol–water partition coefficient (Wildman–Crippen LogP) is 3.52. The highest BCUT2D eigenvalue weighted by molar-refractivity contribution is 7.07. The molecule has 1 aliphatic rings.